The molecule has 0 saturated carbocycles. The second kappa shape index (κ2) is 5.80. The maximum atomic E-state index is 13.1. The number of anilines is 2. The average molecular weight is 302 g/mol. The highest BCUT2D eigenvalue weighted by atomic mass is 35.5. The number of hydrogen-bond donors (Lipinski definition) is 1. The van der Waals surface area contributed by atoms with E-state index in [9.17, 15) is 4.39 Å². The van der Waals surface area contributed by atoms with Gasteiger partial charge in [-0.05, 0) is 24.3 Å². The van der Waals surface area contributed by atoms with E-state index in [0.717, 1.165) is 0 Å². The zero-order valence-corrected chi connectivity index (χ0v) is 11.4. The largest absolute Gasteiger partial charge is 0.340 e. The first-order valence-corrected chi connectivity index (χ1v) is 6.42. The molecule has 3 aromatic rings. The van der Waals surface area contributed by atoms with Crippen LogP contribution in [0.4, 0.5) is 15.9 Å². The number of aromatic nitrogens is 4. The molecule has 0 aliphatic heterocycles. The van der Waals surface area contributed by atoms with Gasteiger partial charge < -0.3 is 5.32 Å². The van der Waals surface area contributed by atoms with Crippen molar-refractivity contribution in [2.45, 2.75) is 0 Å². The Balaban J connectivity index is 1.88. The number of nitrogens with one attached hydrogen (secondary N) is 1. The lowest BCUT2D eigenvalue weighted by Crippen LogP contribution is -1.97. The zero-order valence-electron chi connectivity index (χ0n) is 10.7. The lowest BCUT2D eigenvalue weighted by atomic mass is 10.3. The Morgan fingerprint density at radius 2 is 1.81 bits per heavy atom. The lowest BCUT2D eigenvalue weighted by Gasteiger charge is -2.07. The minimum Gasteiger partial charge on any atom is -0.340 e. The first kappa shape index (κ1) is 13.4. The highest BCUT2D eigenvalue weighted by Gasteiger charge is 2.06. The van der Waals surface area contributed by atoms with E-state index in [1.807, 2.05) is 0 Å². The minimum atomic E-state index is -0.469. The number of rotatable bonds is 3. The molecule has 0 aliphatic rings. The van der Waals surface area contributed by atoms with Gasteiger partial charge in [-0.15, -0.1) is 0 Å². The summed E-state index contributed by atoms with van der Waals surface area (Å²) in [6.07, 6.45) is 4.67. The summed E-state index contributed by atoms with van der Waals surface area (Å²) in [5.41, 5.74) is 1.21. The van der Waals surface area contributed by atoms with Crippen molar-refractivity contribution in [3.05, 3.63) is 59.9 Å². The van der Waals surface area contributed by atoms with Gasteiger partial charge in [-0.25, -0.2) is 24.3 Å². The van der Waals surface area contributed by atoms with Gasteiger partial charge in [-0.2, -0.15) is 0 Å². The Bertz CT molecular complexity index is 766. The number of benzene rings is 1. The van der Waals surface area contributed by atoms with Gasteiger partial charge in [0.15, 0.2) is 5.82 Å². The van der Waals surface area contributed by atoms with Gasteiger partial charge in [-0.1, -0.05) is 11.6 Å². The molecule has 0 amide bonds. The van der Waals surface area contributed by atoms with Crippen molar-refractivity contribution in [1.82, 2.24) is 19.9 Å². The number of hydrogen-bond acceptors (Lipinski definition) is 5. The lowest BCUT2D eigenvalue weighted by molar-refractivity contribution is 0.628. The summed E-state index contributed by atoms with van der Waals surface area (Å²) in [6.45, 7) is 0. The predicted octanol–water partition coefficient (Wildman–Crippen LogP) is 3.47. The third-order valence-electron chi connectivity index (χ3n) is 2.65. The monoisotopic (exact) mass is 301 g/mol. The van der Waals surface area contributed by atoms with Crippen LogP contribution in [0.1, 0.15) is 0 Å². The molecule has 2 aromatic heterocycles. The van der Waals surface area contributed by atoms with Crippen LogP contribution in [-0.2, 0) is 0 Å². The van der Waals surface area contributed by atoms with Crippen LogP contribution in [0.2, 0.25) is 5.02 Å². The average Bonchev–Trinajstić information content (AvgIpc) is 2.52. The van der Waals surface area contributed by atoms with Crippen molar-refractivity contribution in [2.24, 2.45) is 0 Å². The molecule has 1 N–H and O–H groups in total. The second-order valence-corrected chi connectivity index (χ2v) is 4.52. The van der Waals surface area contributed by atoms with E-state index in [-0.39, 0.29) is 5.02 Å². The maximum Gasteiger partial charge on any atom is 0.178 e. The van der Waals surface area contributed by atoms with Crippen molar-refractivity contribution in [2.75, 3.05) is 5.32 Å². The van der Waals surface area contributed by atoms with Crippen LogP contribution in [0.25, 0.3) is 11.5 Å². The molecular weight excluding hydrogens is 293 g/mol. The molecule has 1 aromatic carbocycles. The highest BCUT2D eigenvalue weighted by molar-refractivity contribution is 6.31. The van der Waals surface area contributed by atoms with Crippen molar-refractivity contribution in [3.8, 4) is 11.5 Å². The highest BCUT2D eigenvalue weighted by Crippen LogP contribution is 2.23. The third-order valence-corrected chi connectivity index (χ3v) is 2.94. The molecule has 104 valence electrons. The fourth-order valence-corrected chi connectivity index (χ4v) is 1.88. The number of halogens is 2. The minimum absolute atomic E-state index is 0.0423. The van der Waals surface area contributed by atoms with Gasteiger partial charge in [0.1, 0.15) is 23.7 Å². The summed E-state index contributed by atoms with van der Waals surface area (Å²) in [4.78, 5) is 16.5. The summed E-state index contributed by atoms with van der Waals surface area (Å²) < 4.78 is 13.1. The van der Waals surface area contributed by atoms with E-state index < -0.39 is 5.82 Å². The summed E-state index contributed by atoms with van der Waals surface area (Å²) >= 11 is 5.74. The van der Waals surface area contributed by atoms with E-state index in [1.165, 1.54) is 18.5 Å². The molecule has 7 heteroatoms. The van der Waals surface area contributed by atoms with E-state index >= 15 is 0 Å². The first-order valence-electron chi connectivity index (χ1n) is 6.04. The van der Waals surface area contributed by atoms with E-state index in [2.05, 4.69) is 25.3 Å². The van der Waals surface area contributed by atoms with Gasteiger partial charge in [0.05, 0.1) is 5.02 Å². The van der Waals surface area contributed by atoms with Gasteiger partial charge in [0, 0.05) is 24.1 Å². The molecule has 0 radical (unpaired) electrons. The van der Waals surface area contributed by atoms with Gasteiger partial charge in [-0.3, -0.25) is 0 Å². The fraction of sp³-hybridized carbons (Fsp3) is 0. The van der Waals surface area contributed by atoms with Crippen molar-refractivity contribution in [1.29, 1.82) is 0 Å². The summed E-state index contributed by atoms with van der Waals surface area (Å²) in [6, 6.07) is 7.77. The molecule has 0 fully saturated rings. The molecule has 0 atom stereocenters. The van der Waals surface area contributed by atoms with Crippen molar-refractivity contribution >= 4 is 23.1 Å². The topological polar surface area (TPSA) is 63.6 Å². The molecule has 0 spiro atoms. The van der Waals surface area contributed by atoms with Crippen molar-refractivity contribution < 1.29 is 4.39 Å². The van der Waals surface area contributed by atoms with Crippen LogP contribution in [0.3, 0.4) is 0 Å². The summed E-state index contributed by atoms with van der Waals surface area (Å²) in [5, 5.41) is 3.07. The van der Waals surface area contributed by atoms with Crippen LogP contribution < -0.4 is 5.32 Å². The quantitative estimate of drug-likeness (QED) is 0.802. The Hall–Kier alpha value is -2.60. The van der Waals surface area contributed by atoms with Crippen LogP contribution in [0.5, 0.6) is 0 Å². The molecule has 0 unspecified atom stereocenters. The zero-order chi connectivity index (χ0) is 14.7. The predicted molar refractivity (Wildman–Crippen MR) is 77.8 cm³/mol. The number of nitrogens with zero attached hydrogens (tertiary/aromatic N) is 4. The van der Waals surface area contributed by atoms with Gasteiger partial charge in [0.25, 0.3) is 0 Å². The Labute approximate surface area is 124 Å². The molecular formula is C14H9ClFN5. The van der Waals surface area contributed by atoms with Crippen LogP contribution in [-0.4, -0.2) is 19.9 Å². The van der Waals surface area contributed by atoms with Gasteiger partial charge in [0.2, 0.25) is 0 Å². The smallest absolute Gasteiger partial charge is 0.178 e. The molecule has 3 rings (SSSR count). The Morgan fingerprint density at radius 1 is 1.00 bits per heavy atom. The SMILES string of the molecule is Fc1ccc(Nc2cc(-c3ncccn3)ncn2)cc1Cl. The molecule has 5 nitrogen and oxygen atoms in total. The molecule has 0 aliphatic carbocycles. The molecule has 0 bridgehead atoms. The Morgan fingerprint density at radius 3 is 2.57 bits per heavy atom. The molecule has 0 saturated heterocycles. The van der Waals surface area contributed by atoms with Gasteiger partial charge >= 0.3 is 0 Å². The van der Waals surface area contributed by atoms with E-state index in [1.54, 1.807) is 30.6 Å². The standard InChI is InChI=1S/C14H9ClFN5/c15-10-6-9(2-3-11(10)16)21-13-7-12(19-8-20-13)14-17-4-1-5-18-14/h1-8H,(H,19,20,21). The van der Waals surface area contributed by atoms with Crippen LogP contribution in [0, 0.1) is 5.82 Å². The molecule has 21 heavy (non-hydrogen) atoms. The van der Waals surface area contributed by atoms with E-state index in [0.29, 0.717) is 23.0 Å². The van der Waals surface area contributed by atoms with Crippen molar-refractivity contribution in [3.63, 3.8) is 0 Å². The molecule has 2 heterocycles. The summed E-state index contributed by atoms with van der Waals surface area (Å²) in [5.74, 6) is 0.568. The Kier molecular flexibility index (Phi) is 3.70. The normalized spacial score (nSPS) is 10.4. The fourth-order valence-electron chi connectivity index (χ4n) is 1.70. The third kappa shape index (κ3) is 3.11. The summed E-state index contributed by atoms with van der Waals surface area (Å²) in [7, 11) is 0. The first-order chi connectivity index (χ1) is 10.2. The van der Waals surface area contributed by atoms with E-state index in [4.69, 9.17) is 11.6 Å². The van der Waals surface area contributed by atoms with Crippen LogP contribution in [0.15, 0.2) is 49.1 Å². The maximum absolute atomic E-state index is 13.1. The second-order valence-electron chi connectivity index (χ2n) is 4.11. The van der Waals surface area contributed by atoms with Crippen LogP contribution >= 0.6 is 11.6 Å².